The van der Waals surface area contributed by atoms with Gasteiger partial charge >= 0.3 is 18.3 Å². The molecule has 2 fully saturated rings. The quantitative estimate of drug-likeness (QED) is 0.411. The maximum atomic E-state index is 13.4. The van der Waals surface area contributed by atoms with Crippen molar-refractivity contribution in [2.75, 3.05) is 13.1 Å². The highest BCUT2D eigenvalue weighted by molar-refractivity contribution is 5.90. The number of nitrogens with one attached hydrogen (secondary N) is 3. The molecule has 4 amide bonds. The van der Waals surface area contributed by atoms with E-state index >= 15 is 0 Å². The van der Waals surface area contributed by atoms with E-state index in [0.717, 1.165) is 0 Å². The van der Waals surface area contributed by atoms with E-state index in [0.29, 0.717) is 17.9 Å². The van der Waals surface area contributed by atoms with Gasteiger partial charge in [-0.1, -0.05) is 13.8 Å². The van der Waals surface area contributed by atoms with Crippen LogP contribution < -0.4 is 16.0 Å². The number of amides is 4. The topological polar surface area (TPSA) is 131 Å². The second-order valence-electron chi connectivity index (χ2n) is 9.28. The molecule has 0 bridgehead atoms. The average Bonchev–Trinajstić information content (AvgIpc) is 3.35. The number of hydrogen-bond acceptors (Lipinski definition) is 5. The van der Waals surface area contributed by atoms with Crippen molar-refractivity contribution in [1.82, 2.24) is 20.9 Å². The molecule has 0 saturated carbocycles. The summed E-state index contributed by atoms with van der Waals surface area (Å²) in [4.78, 5) is 49.3. The van der Waals surface area contributed by atoms with Gasteiger partial charge in [0.15, 0.2) is 0 Å². The fraction of sp³-hybridized carbons (Fsp3) is 0.762. The number of halogens is 6. The van der Waals surface area contributed by atoms with Crippen LogP contribution in [0.25, 0.3) is 0 Å². The number of hydrogen-bond donors (Lipinski definition) is 3. The highest BCUT2D eigenvalue weighted by Gasteiger charge is 2.51. The molecule has 9 nitrogen and oxygen atoms in total. The Labute approximate surface area is 202 Å². The molecule has 0 spiro atoms. The Hall–Kier alpha value is -3.05. The highest BCUT2D eigenvalue weighted by Crippen LogP contribution is 2.38. The molecule has 2 saturated heterocycles. The molecule has 5 atom stereocenters. The molecular weight excluding hydrogens is 500 g/mol. The van der Waals surface area contributed by atoms with Crippen molar-refractivity contribution >= 4 is 23.6 Å². The Kier molecular flexibility index (Phi) is 9.19. The van der Waals surface area contributed by atoms with E-state index < -0.39 is 85.3 Å². The predicted octanol–water partition coefficient (Wildman–Crippen LogP) is 1.39. The molecule has 0 aromatic heterocycles. The number of alkyl halides is 6. The van der Waals surface area contributed by atoms with Crippen LogP contribution in [0.3, 0.4) is 0 Å². The number of nitriles is 1. The lowest BCUT2D eigenvalue weighted by Gasteiger charge is -2.31. The summed E-state index contributed by atoms with van der Waals surface area (Å²) in [6.07, 6.45) is -10.9. The van der Waals surface area contributed by atoms with Gasteiger partial charge in [-0.2, -0.15) is 31.6 Å². The lowest BCUT2D eigenvalue weighted by atomic mass is 9.98. The minimum absolute atomic E-state index is 0.00847. The van der Waals surface area contributed by atoms with Crippen molar-refractivity contribution in [3.05, 3.63) is 0 Å². The summed E-state index contributed by atoms with van der Waals surface area (Å²) >= 11 is 0. The number of likely N-dealkylation sites (tertiary alicyclic amines) is 1. The number of nitrogens with zero attached hydrogens (tertiary/aromatic N) is 2. The van der Waals surface area contributed by atoms with E-state index in [1.165, 1.54) is 19.2 Å². The van der Waals surface area contributed by atoms with Gasteiger partial charge in [0, 0.05) is 31.5 Å². The second-order valence-corrected chi connectivity index (χ2v) is 9.28. The monoisotopic (exact) mass is 527 g/mol. The first-order valence-electron chi connectivity index (χ1n) is 11.3. The first-order valence-corrected chi connectivity index (χ1v) is 11.3. The Morgan fingerprint density at radius 1 is 1.17 bits per heavy atom. The van der Waals surface area contributed by atoms with Crippen LogP contribution in [-0.2, 0) is 19.2 Å². The summed E-state index contributed by atoms with van der Waals surface area (Å²) in [5.74, 6) is -8.17. The smallest absolute Gasteiger partial charge is 0.356 e. The Balaban J connectivity index is 2.16. The zero-order valence-electron chi connectivity index (χ0n) is 19.5. The van der Waals surface area contributed by atoms with Gasteiger partial charge in [0.1, 0.15) is 12.1 Å². The van der Waals surface area contributed by atoms with Crippen LogP contribution in [-0.4, -0.2) is 72.1 Å². The molecule has 0 radical (unpaired) electrons. The molecule has 0 unspecified atom stereocenters. The second kappa shape index (κ2) is 11.3. The zero-order valence-corrected chi connectivity index (χ0v) is 19.5. The molecule has 2 rings (SSSR count). The lowest BCUT2D eigenvalue weighted by Crippen LogP contribution is -2.55. The Bertz CT molecular complexity index is 901. The molecule has 0 aliphatic carbocycles. The van der Waals surface area contributed by atoms with Gasteiger partial charge in [-0.15, -0.1) is 0 Å². The summed E-state index contributed by atoms with van der Waals surface area (Å²) in [5.41, 5.74) is 0. The third-order valence-electron chi connectivity index (χ3n) is 6.23. The van der Waals surface area contributed by atoms with Crippen LogP contribution in [0, 0.1) is 29.1 Å². The van der Waals surface area contributed by atoms with Crippen LogP contribution in [0.4, 0.5) is 26.3 Å². The average molecular weight is 527 g/mol. The van der Waals surface area contributed by atoms with Crippen LogP contribution in [0.1, 0.15) is 39.5 Å². The number of rotatable bonds is 8. The molecule has 3 N–H and O–H groups in total. The van der Waals surface area contributed by atoms with E-state index in [1.807, 2.05) is 6.07 Å². The van der Waals surface area contributed by atoms with Crippen molar-refractivity contribution in [1.29, 1.82) is 5.26 Å². The predicted molar refractivity (Wildman–Crippen MR) is 110 cm³/mol. The molecule has 15 heteroatoms. The number of carbonyl (C=O) groups excluding carboxylic acids is 4. The van der Waals surface area contributed by atoms with E-state index in [2.05, 4.69) is 10.6 Å². The van der Waals surface area contributed by atoms with Gasteiger partial charge in [-0.25, -0.2) is 0 Å². The molecule has 2 heterocycles. The van der Waals surface area contributed by atoms with Crippen molar-refractivity contribution in [2.24, 2.45) is 17.8 Å². The first-order chi connectivity index (χ1) is 16.5. The Morgan fingerprint density at radius 2 is 1.81 bits per heavy atom. The first kappa shape index (κ1) is 29.2. The summed E-state index contributed by atoms with van der Waals surface area (Å²) in [7, 11) is 0. The van der Waals surface area contributed by atoms with E-state index in [-0.39, 0.29) is 12.3 Å². The van der Waals surface area contributed by atoms with Gasteiger partial charge < -0.3 is 20.9 Å². The highest BCUT2D eigenvalue weighted by atomic mass is 19.4. The molecule has 202 valence electrons. The van der Waals surface area contributed by atoms with E-state index in [9.17, 15) is 50.8 Å². The minimum atomic E-state index is -5.31. The van der Waals surface area contributed by atoms with Crippen LogP contribution >= 0.6 is 0 Å². The molecule has 2 aliphatic heterocycles. The van der Waals surface area contributed by atoms with Gasteiger partial charge in [0.05, 0.1) is 12.0 Å². The largest absolute Gasteiger partial charge is 0.471 e. The van der Waals surface area contributed by atoms with Crippen LogP contribution in [0.2, 0.25) is 0 Å². The molecular formula is C21H27F6N5O4. The molecule has 36 heavy (non-hydrogen) atoms. The van der Waals surface area contributed by atoms with Crippen molar-refractivity contribution in [3.63, 3.8) is 0 Å². The zero-order chi connectivity index (χ0) is 27.4. The van der Waals surface area contributed by atoms with Gasteiger partial charge in [0.2, 0.25) is 17.7 Å². The number of carbonyl (C=O) groups is 4. The van der Waals surface area contributed by atoms with E-state index in [1.54, 1.807) is 0 Å². The van der Waals surface area contributed by atoms with Crippen LogP contribution in [0.5, 0.6) is 0 Å². The fourth-order valence-corrected chi connectivity index (χ4v) is 4.30. The summed E-state index contributed by atoms with van der Waals surface area (Å²) in [6, 6.07) is -2.40. The molecule has 0 aromatic carbocycles. The standard InChI is InChI=1S/C21H27F6N5O4/c1-10(2)16(31-19(36)21(25,26)27)18(35)32-9-12(20(22,23)24)6-14(32)7-15(33)30-13(8-28)5-11-3-4-29-17(11)34/h10-14,16H,3-7,9H2,1-2H3,(H,29,34)(H,30,33)(H,31,36)/t11-,12+,13-,14-,16-/m0/s1. The van der Waals surface area contributed by atoms with Gasteiger partial charge in [-0.05, 0) is 25.2 Å². The van der Waals surface area contributed by atoms with Crippen molar-refractivity contribution in [2.45, 2.75) is 70.0 Å². The lowest BCUT2D eigenvalue weighted by molar-refractivity contribution is -0.176. The normalized spacial score (nSPS) is 24.2. The Morgan fingerprint density at radius 3 is 2.28 bits per heavy atom. The van der Waals surface area contributed by atoms with Crippen molar-refractivity contribution < 1.29 is 45.5 Å². The maximum Gasteiger partial charge on any atom is 0.471 e. The van der Waals surface area contributed by atoms with E-state index in [4.69, 9.17) is 0 Å². The third kappa shape index (κ3) is 7.47. The van der Waals surface area contributed by atoms with Crippen LogP contribution in [0.15, 0.2) is 0 Å². The summed E-state index contributed by atoms with van der Waals surface area (Å²) in [5, 5.41) is 15.8. The summed E-state index contributed by atoms with van der Waals surface area (Å²) in [6.45, 7) is 2.15. The molecule has 2 aliphatic rings. The summed E-state index contributed by atoms with van der Waals surface area (Å²) < 4.78 is 78.4. The minimum Gasteiger partial charge on any atom is -0.356 e. The van der Waals surface area contributed by atoms with Gasteiger partial charge in [0.25, 0.3) is 0 Å². The van der Waals surface area contributed by atoms with Crippen molar-refractivity contribution in [3.8, 4) is 6.07 Å². The fourth-order valence-electron chi connectivity index (χ4n) is 4.30. The van der Waals surface area contributed by atoms with Gasteiger partial charge in [-0.3, -0.25) is 19.2 Å². The maximum absolute atomic E-state index is 13.4. The third-order valence-corrected chi connectivity index (χ3v) is 6.23. The SMILES string of the molecule is CC(C)[C@H](NC(=O)C(F)(F)F)C(=O)N1C[C@H](C(F)(F)F)C[C@H]1CC(=O)N[C@H](C#N)C[C@@H]1CCNC1=O. The molecule has 0 aromatic rings.